The average Bonchev–Trinajstić information content (AvgIpc) is 3.54. The number of aryl methyl sites for hydroxylation is 1. The fraction of sp³-hybridized carbons (Fsp3) is 0.583. The number of aliphatic hydroxyl groups is 1. The van der Waals surface area contributed by atoms with Crippen molar-refractivity contribution in [2.24, 2.45) is 0 Å². The highest BCUT2D eigenvalue weighted by Gasteiger charge is 2.34. The first kappa shape index (κ1) is 20.8. The molecule has 0 radical (unpaired) electrons. The van der Waals surface area contributed by atoms with E-state index in [2.05, 4.69) is 33.4 Å². The molecule has 0 aromatic carbocycles. The van der Waals surface area contributed by atoms with Crippen molar-refractivity contribution in [2.45, 2.75) is 88.6 Å². The van der Waals surface area contributed by atoms with E-state index in [4.69, 9.17) is 20.8 Å². The molecule has 5 atom stereocenters. The molecule has 0 amide bonds. The van der Waals surface area contributed by atoms with Crippen LogP contribution in [0.4, 0.5) is 11.6 Å². The van der Waals surface area contributed by atoms with Crippen molar-refractivity contribution in [3.8, 4) is 11.1 Å². The van der Waals surface area contributed by atoms with E-state index in [0.717, 1.165) is 66.7 Å². The van der Waals surface area contributed by atoms with Crippen LogP contribution < -0.4 is 16.4 Å². The topological polar surface area (TPSA) is 127 Å². The normalized spacial score (nSPS) is 29.1. The van der Waals surface area contributed by atoms with Crippen molar-refractivity contribution in [1.29, 1.82) is 0 Å². The van der Waals surface area contributed by atoms with E-state index >= 15 is 0 Å². The number of nitrogen functional groups attached to an aromatic ring is 1. The molecule has 2 saturated heterocycles. The molecule has 3 aliphatic rings. The number of aliphatic hydroxyl groups excluding tert-OH is 1. The lowest BCUT2D eigenvalue weighted by Gasteiger charge is -2.29. The second-order valence-electron chi connectivity index (χ2n) is 9.91. The molecule has 0 spiro atoms. The van der Waals surface area contributed by atoms with Crippen molar-refractivity contribution in [2.75, 3.05) is 11.1 Å². The molecule has 1 unspecified atom stereocenters. The Morgan fingerprint density at radius 1 is 1.09 bits per heavy atom. The van der Waals surface area contributed by atoms with Crippen LogP contribution in [0.1, 0.15) is 63.6 Å². The number of anilines is 2. The molecule has 2 bridgehead atoms. The summed E-state index contributed by atoms with van der Waals surface area (Å²) in [4.78, 5) is 14.3. The van der Waals surface area contributed by atoms with Crippen molar-refractivity contribution < 1.29 is 5.11 Å². The van der Waals surface area contributed by atoms with E-state index in [0.29, 0.717) is 29.5 Å². The van der Waals surface area contributed by atoms with Crippen LogP contribution in [-0.2, 0) is 6.42 Å². The number of hydrogen-bond acceptors (Lipinski definition) is 8. The van der Waals surface area contributed by atoms with Crippen molar-refractivity contribution in [3.63, 3.8) is 0 Å². The number of aromatic nitrogens is 5. The molecule has 5 heterocycles. The third-order valence-corrected chi connectivity index (χ3v) is 7.61. The lowest BCUT2D eigenvalue weighted by Crippen LogP contribution is -2.38. The maximum atomic E-state index is 9.94. The Morgan fingerprint density at radius 2 is 1.91 bits per heavy atom. The van der Waals surface area contributed by atoms with Crippen LogP contribution in [0.15, 0.2) is 18.6 Å². The lowest BCUT2D eigenvalue weighted by molar-refractivity contribution is 0.182. The summed E-state index contributed by atoms with van der Waals surface area (Å²) in [5.74, 6) is 1.17. The van der Waals surface area contributed by atoms with Gasteiger partial charge in [0, 0.05) is 41.6 Å². The van der Waals surface area contributed by atoms with Gasteiger partial charge in [-0.1, -0.05) is 6.92 Å². The number of fused-ring (bicyclic) bond motifs is 3. The van der Waals surface area contributed by atoms with Gasteiger partial charge in [0.1, 0.15) is 16.9 Å². The second-order valence-corrected chi connectivity index (χ2v) is 9.91. The SMILES string of the molecule is CCc1nc2c(N)ncc(-c3cnn(C4C[C@H]5CC[C@@H](C4)N5)c3)c2nc1N[C@@H]1CC[C@H](O)C1. The van der Waals surface area contributed by atoms with Gasteiger partial charge in [0.25, 0.3) is 0 Å². The maximum absolute atomic E-state index is 9.94. The standard InChI is InChI=1S/C24H32N8O/c1-2-20-24(29-16-5-6-18(33)9-16)31-21-19(11-26-23(25)22(21)30-20)13-10-27-32(12-13)17-7-14-3-4-15(8-17)28-14/h10-12,14-18,28,33H,2-9H2,1H3,(H2,25,26)(H,29,31)/t14-,15+,16-,17?,18+/m1/s1. The molecule has 1 aliphatic carbocycles. The summed E-state index contributed by atoms with van der Waals surface area (Å²) in [6.07, 6.45) is 13.6. The number of nitrogens with zero attached hydrogens (tertiary/aromatic N) is 5. The first-order valence-electron chi connectivity index (χ1n) is 12.3. The molecule has 3 fully saturated rings. The molecule has 1 saturated carbocycles. The Labute approximate surface area is 193 Å². The van der Waals surface area contributed by atoms with Gasteiger partial charge >= 0.3 is 0 Å². The predicted molar refractivity (Wildman–Crippen MR) is 128 cm³/mol. The summed E-state index contributed by atoms with van der Waals surface area (Å²) in [6, 6.07) is 1.86. The quantitative estimate of drug-likeness (QED) is 0.469. The zero-order valence-corrected chi connectivity index (χ0v) is 19.0. The minimum absolute atomic E-state index is 0.206. The van der Waals surface area contributed by atoms with Crippen molar-refractivity contribution in [3.05, 3.63) is 24.3 Å². The molecule has 174 valence electrons. The van der Waals surface area contributed by atoms with Crippen LogP contribution in [0.2, 0.25) is 0 Å². The number of nitrogens with one attached hydrogen (secondary N) is 2. The van der Waals surface area contributed by atoms with Crippen LogP contribution in [-0.4, -0.2) is 54.1 Å². The first-order chi connectivity index (χ1) is 16.1. The van der Waals surface area contributed by atoms with E-state index in [9.17, 15) is 5.11 Å². The summed E-state index contributed by atoms with van der Waals surface area (Å²) >= 11 is 0. The Balaban J connectivity index is 1.37. The highest BCUT2D eigenvalue weighted by atomic mass is 16.3. The molecule has 9 heteroatoms. The maximum Gasteiger partial charge on any atom is 0.151 e. The highest BCUT2D eigenvalue weighted by molar-refractivity contribution is 5.96. The molecular formula is C24H32N8O. The Kier molecular flexibility index (Phi) is 5.18. The number of piperidine rings is 1. The minimum atomic E-state index is -0.243. The molecule has 3 aromatic heterocycles. The van der Waals surface area contributed by atoms with Gasteiger partial charge in [-0.25, -0.2) is 15.0 Å². The summed E-state index contributed by atoms with van der Waals surface area (Å²) in [7, 11) is 0. The minimum Gasteiger partial charge on any atom is -0.393 e. The van der Waals surface area contributed by atoms with Crippen LogP contribution >= 0.6 is 0 Å². The molecule has 3 aromatic rings. The van der Waals surface area contributed by atoms with E-state index in [1.165, 1.54) is 12.8 Å². The van der Waals surface area contributed by atoms with E-state index < -0.39 is 0 Å². The predicted octanol–water partition coefficient (Wildman–Crippen LogP) is 2.81. The van der Waals surface area contributed by atoms with E-state index in [1.807, 2.05) is 6.20 Å². The van der Waals surface area contributed by atoms with Gasteiger partial charge in [0.15, 0.2) is 5.82 Å². The molecule has 2 aliphatic heterocycles. The van der Waals surface area contributed by atoms with Gasteiger partial charge in [-0.2, -0.15) is 5.10 Å². The number of pyridine rings is 1. The number of rotatable bonds is 5. The van der Waals surface area contributed by atoms with Gasteiger partial charge in [-0.05, 0) is 51.4 Å². The molecule has 6 rings (SSSR count). The van der Waals surface area contributed by atoms with Crippen molar-refractivity contribution >= 4 is 22.7 Å². The monoisotopic (exact) mass is 448 g/mol. The zero-order chi connectivity index (χ0) is 22.5. The summed E-state index contributed by atoms with van der Waals surface area (Å²) in [6.45, 7) is 2.06. The van der Waals surface area contributed by atoms with Crippen LogP contribution in [0, 0.1) is 0 Å². The molecular weight excluding hydrogens is 416 g/mol. The Morgan fingerprint density at radius 3 is 2.64 bits per heavy atom. The van der Waals surface area contributed by atoms with Gasteiger partial charge in [0.2, 0.25) is 0 Å². The van der Waals surface area contributed by atoms with Crippen LogP contribution in [0.25, 0.3) is 22.2 Å². The number of nitrogens with two attached hydrogens (primary N) is 1. The summed E-state index contributed by atoms with van der Waals surface area (Å²) in [5.41, 5.74) is 10.3. The van der Waals surface area contributed by atoms with Gasteiger partial charge in [0.05, 0.1) is 24.0 Å². The Hall–Kier alpha value is -2.78. The Bertz CT molecular complexity index is 1160. The van der Waals surface area contributed by atoms with E-state index in [-0.39, 0.29) is 12.1 Å². The molecule has 9 nitrogen and oxygen atoms in total. The largest absolute Gasteiger partial charge is 0.393 e. The third-order valence-electron chi connectivity index (χ3n) is 7.61. The van der Waals surface area contributed by atoms with Gasteiger partial charge < -0.3 is 21.5 Å². The van der Waals surface area contributed by atoms with E-state index in [1.54, 1.807) is 6.20 Å². The average molecular weight is 449 g/mol. The smallest absolute Gasteiger partial charge is 0.151 e. The van der Waals surface area contributed by atoms with Gasteiger partial charge in [-0.15, -0.1) is 0 Å². The first-order valence-corrected chi connectivity index (χ1v) is 12.3. The molecule has 33 heavy (non-hydrogen) atoms. The molecule has 5 N–H and O–H groups in total. The van der Waals surface area contributed by atoms with Crippen LogP contribution in [0.5, 0.6) is 0 Å². The third kappa shape index (κ3) is 3.83. The fourth-order valence-electron chi connectivity index (χ4n) is 5.87. The second kappa shape index (κ2) is 8.22. The summed E-state index contributed by atoms with van der Waals surface area (Å²) in [5, 5.41) is 21.9. The lowest BCUT2D eigenvalue weighted by atomic mass is 10.00. The fourth-order valence-corrected chi connectivity index (χ4v) is 5.87. The van der Waals surface area contributed by atoms with Crippen LogP contribution in [0.3, 0.4) is 0 Å². The van der Waals surface area contributed by atoms with Crippen molar-refractivity contribution in [1.82, 2.24) is 30.0 Å². The summed E-state index contributed by atoms with van der Waals surface area (Å²) < 4.78 is 2.12. The van der Waals surface area contributed by atoms with Gasteiger partial charge in [-0.3, -0.25) is 4.68 Å². The highest BCUT2D eigenvalue weighted by Crippen LogP contribution is 2.36. The number of hydrogen-bond donors (Lipinski definition) is 4. The zero-order valence-electron chi connectivity index (χ0n) is 19.0.